The van der Waals surface area contributed by atoms with E-state index in [1.54, 1.807) is 0 Å². The van der Waals surface area contributed by atoms with Crippen LogP contribution in [-0.2, 0) is 5.54 Å². The number of rotatable bonds is 4. The predicted molar refractivity (Wildman–Crippen MR) is 115 cm³/mol. The van der Waals surface area contributed by atoms with Crippen molar-refractivity contribution in [3.05, 3.63) is 23.0 Å². The number of hydrogen-bond donors (Lipinski definition) is 2. The molecule has 1 fully saturated rings. The van der Waals surface area contributed by atoms with Crippen LogP contribution in [0.1, 0.15) is 62.3 Å². The second-order valence-corrected chi connectivity index (χ2v) is 8.35. The van der Waals surface area contributed by atoms with E-state index in [9.17, 15) is 4.79 Å². The van der Waals surface area contributed by atoms with Crippen LogP contribution < -0.4 is 10.6 Å². The van der Waals surface area contributed by atoms with Crippen LogP contribution in [0.3, 0.4) is 0 Å². The van der Waals surface area contributed by atoms with E-state index in [0.717, 1.165) is 35.5 Å². The molecule has 2 aromatic heterocycles. The lowest BCUT2D eigenvalue weighted by molar-refractivity contribution is 0.0943. The van der Waals surface area contributed by atoms with E-state index in [1.165, 1.54) is 0 Å². The molecule has 2 N–H and O–H groups in total. The zero-order valence-electron chi connectivity index (χ0n) is 16.9. The highest BCUT2D eigenvalue weighted by atomic mass is 35.5. The first-order valence-electron chi connectivity index (χ1n) is 9.08. The molecule has 0 radical (unpaired) electrons. The van der Waals surface area contributed by atoms with Crippen molar-refractivity contribution < 1.29 is 4.79 Å². The van der Waals surface area contributed by atoms with Crippen molar-refractivity contribution in [2.75, 3.05) is 19.6 Å². The third-order valence-corrected chi connectivity index (χ3v) is 4.72. The highest BCUT2D eigenvalue weighted by Crippen LogP contribution is 2.28. The normalized spacial score (nSPS) is 14.5. The molecule has 0 bridgehead atoms. The molecule has 152 valence electrons. The maximum Gasteiger partial charge on any atom is 0.252 e. The fraction of sp³-hybridized carbons (Fsp3) is 0.632. The van der Waals surface area contributed by atoms with E-state index in [2.05, 4.69) is 45.3 Å². The molecule has 2 aromatic rings. The summed E-state index contributed by atoms with van der Waals surface area (Å²) in [7, 11) is 0. The van der Waals surface area contributed by atoms with Gasteiger partial charge in [0, 0.05) is 31.2 Å². The molecule has 1 aliphatic rings. The van der Waals surface area contributed by atoms with Crippen LogP contribution in [0.25, 0.3) is 11.0 Å². The zero-order valence-corrected chi connectivity index (χ0v) is 18.6. The van der Waals surface area contributed by atoms with Gasteiger partial charge in [0.15, 0.2) is 5.65 Å². The van der Waals surface area contributed by atoms with Crippen LogP contribution in [0.4, 0.5) is 0 Å². The van der Waals surface area contributed by atoms with Crippen molar-refractivity contribution in [3.63, 3.8) is 0 Å². The number of aryl methyl sites for hydroxylation is 1. The lowest BCUT2D eigenvalue weighted by Crippen LogP contribution is -2.48. The molecule has 0 spiro atoms. The molecule has 6 nitrogen and oxygen atoms in total. The Kier molecular flexibility index (Phi) is 7.68. The largest absolute Gasteiger partial charge is 0.352 e. The molecule has 1 aliphatic heterocycles. The van der Waals surface area contributed by atoms with Gasteiger partial charge in [-0.25, -0.2) is 9.67 Å². The third-order valence-electron chi connectivity index (χ3n) is 4.72. The number of fused-ring (bicyclic) bond motifs is 1. The number of amides is 1. The molecule has 0 saturated carbocycles. The topological polar surface area (TPSA) is 71.8 Å². The van der Waals surface area contributed by atoms with Crippen molar-refractivity contribution in [3.8, 4) is 0 Å². The van der Waals surface area contributed by atoms with Gasteiger partial charge in [-0.2, -0.15) is 5.10 Å². The average Bonchev–Trinajstić information content (AvgIpc) is 2.82. The van der Waals surface area contributed by atoms with E-state index < -0.39 is 0 Å². The molecule has 3 rings (SSSR count). The molecule has 0 unspecified atom stereocenters. The first kappa shape index (κ1) is 23.7. The molecule has 1 saturated heterocycles. The zero-order chi connectivity index (χ0) is 18.4. The van der Waals surface area contributed by atoms with Crippen LogP contribution >= 0.6 is 24.8 Å². The van der Waals surface area contributed by atoms with Gasteiger partial charge in [-0.1, -0.05) is 13.8 Å². The number of pyridine rings is 1. The number of carbonyl (C=O) groups is 1. The summed E-state index contributed by atoms with van der Waals surface area (Å²) in [4.78, 5) is 17.7. The summed E-state index contributed by atoms with van der Waals surface area (Å²) in [5, 5.41) is 11.9. The van der Waals surface area contributed by atoms with Gasteiger partial charge in [0.1, 0.15) is 0 Å². The molecule has 8 heteroatoms. The number of hydrogen-bond acceptors (Lipinski definition) is 4. The predicted octanol–water partition coefficient (Wildman–Crippen LogP) is 3.41. The Hall–Kier alpha value is -1.37. The van der Waals surface area contributed by atoms with Gasteiger partial charge in [-0.3, -0.25) is 4.79 Å². The van der Waals surface area contributed by atoms with Gasteiger partial charge in [0.05, 0.1) is 22.2 Å². The maximum absolute atomic E-state index is 12.9. The van der Waals surface area contributed by atoms with Crippen molar-refractivity contribution >= 4 is 41.8 Å². The van der Waals surface area contributed by atoms with Gasteiger partial charge >= 0.3 is 0 Å². The van der Waals surface area contributed by atoms with Crippen LogP contribution in [-0.4, -0.2) is 40.3 Å². The van der Waals surface area contributed by atoms with E-state index >= 15 is 0 Å². The van der Waals surface area contributed by atoms with Gasteiger partial charge in [-0.15, -0.1) is 24.8 Å². The molecule has 0 atom stereocenters. The molecule has 0 aromatic carbocycles. The minimum absolute atomic E-state index is 0. The highest BCUT2D eigenvalue weighted by molar-refractivity contribution is 6.06. The molecule has 27 heavy (non-hydrogen) atoms. The fourth-order valence-electron chi connectivity index (χ4n) is 3.08. The first-order chi connectivity index (χ1) is 11.7. The Balaban J connectivity index is 0.00000182. The number of carbonyl (C=O) groups excluding carboxylic acids is 1. The van der Waals surface area contributed by atoms with Crippen molar-refractivity contribution in [2.24, 2.45) is 5.92 Å². The highest BCUT2D eigenvalue weighted by Gasteiger charge is 2.26. The van der Waals surface area contributed by atoms with Crippen LogP contribution in [0, 0.1) is 12.8 Å². The number of aromatic nitrogens is 3. The van der Waals surface area contributed by atoms with E-state index in [0.29, 0.717) is 18.0 Å². The monoisotopic (exact) mass is 415 g/mol. The number of halogens is 2. The summed E-state index contributed by atoms with van der Waals surface area (Å²) in [6, 6.07) is 1.93. The molecular weight excluding hydrogens is 385 g/mol. The first-order valence-corrected chi connectivity index (χ1v) is 9.08. The second-order valence-electron chi connectivity index (χ2n) is 8.35. The Morgan fingerprint density at radius 1 is 1.33 bits per heavy atom. The van der Waals surface area contributed by atoms with E-state index in [4.69, 9.17) is 10.1 Å². The minimum Gasteiger partial charge on any atom is -0.352 e. The van der Waals surface area contributed by atoms with Crippen molar-refractivity contribution in [1.29, 1.82) is 0 Å². The van der Waals surface area contributed by atoms with Gasteiger partial charge in [0.2, 0.25) is 0 Å². The van der Waals surface area contributed by atoms with Crippen LogP contribution in [0.5, 0.6) is 0 Å². The summed E-state index contributed by atoms with van der Waals surface area (Å²) in [5.74, 6) is 0.748. The lowest BCUT2D eigenvalue weighted by Gasteiger charge is -2.27. The SMILES string of the molecule is Cc1nn(C(C)(C)C)c2nc(C(C)C)cc(C(=O)NCC3CNC3)c12.Cl.Cl. The smallest absolute Gasteiger partial charge is 0.252 e. The van der Waals surface area contributed by atoms with E-state index in [-0.39, 0.29) is 42.2 Å². The quantitative estimate of drug-likeness (QED) is 0.802. The average molecular weight is 416 g/mol. The summed E-state index contributed by atoms with van der Waals surface area (Å²) in [6.45, 7) is 15.1. The van der Waals surface area contributed by atoms with Crippen LogP contribution in [0.15, 0.2) is 6.07 Å². The Bertz CT molecular complexity index is 807. The molecule has 1 amide bonds. The Morgan fingerprint density at radius 2 is 1.96 bits per heavy atom. The summed E-state index contributed by atoms with van der Waals surface area (Å²) in [6.07, 6.45) is 0. The van der Waals surface area contributed by atoms with Crippen molar-refractivity contribution in [2.45, 2.75) is 53.0 Å². The summed E-state index contributed by atoms with van der Waals surface area (Å²) < 4.78 is 1.94. The minimum atomic E-state index is -0.194. The molecule has 0 aliphatic carbocycles. The molecule has 3 heterocycles. The molecular formula is C19H31Cl2N5O. The van der Waals surface area contributed by atoms with Gasteiger partial charge in [-0.05, 0) is 39.7 Å². The Morgan fingerprint density at radius 3 is 2.44 bits per heavy atom. The lowest BCUT2D eigenvalue weighted by atomic mass is 10.0. The Labute approximate surface area is 173 Å². The van der Waals surface area contributed by atoms with Gasteiger partial charge in [0.25, 0.3) is 5.91 Å². The van der Waals surface area contributed by atoms with Gasteiger partial charge < -0.3 is 10.6 Å². The number of nitrogens with zero attached hydrogens (tertiary/aromatic N) is 3. The fourth-order valence-corrected chi connectivity index (χ4v) is 3.08. The second kappa shape index (κ2) is 8.76. The standard InChI is InChI=1S/C19H29N5O.2ClH/c1-11(2)15-7-14(18(25)21-10-13-8-20-9-13)16-12(3)23-24(17(16)22-15)19(4,5)6;;/h7,11,13,20H,8-10H2,1-6H3,(H,21,25);2*1H. The van der Waals surface area contributed by atoms with Crippen LogP contribution in [0.2, 0.25) is 0 Å². The summed E-state index contributed by atoms with van der Waals surface area (Å²) >= 11 is 0. The number of nitrogens with one attached hydrogen (secondary N) is 2. The summed E-state index contributed by atoms with van der Waals surface area (Å²) in [5.41, 5.74) is 3.07. The van der Waals surface area contributed by atoms with Crippen molar-refractivity contribution in [1.82, 2.24) is 25.4 Å². The maximum atomic E-state index is 12.9. The van der Waals surface area contributed by atoms with E-state index in [1.807, 2.05) is 17.7 Å². The third kappa shape index (κ3) is 4.73.